The highest BCUT2D eigenvalue weighted by Crippen LogP contribution is 2.05. The highest BCUT2D eigenvalue weighted by molar-refractivity contribution is 5.92. The minimum Gasteiger partial charge on any atom is -0.347 e. The Balaban J connectivity index is 1.76. The molecule has 0 saturated heterocycles. The van der Waals surface area contributed by atoms with E-state index >= 15 is 0 Å². The Bertz CT molecular complexity index is 986. The lowest BCUT2D eigenvalue weighted by Crippen LogP contribution is -2.28. The van der Waals surface area contributed by atoms with E-state index in [1.54, 1.807) is 48.5 Å². The van der Waals surface area contributed by atoms with Crippen LogP contribution in [0.3, 0.4) is 0 Å². The minimum absolute atomic E-state index is 0.150. The number of carbonyl (C=O) groups excluding carboxylic acids is 1. The Morgan fingerprint density at radius 1 is 1.04 bits per heavy atom. The van der Waals surface area contributed by atoms with Crippen LogP contribution >= 0.6 is 0 Å². The number of hydrogen-bond acceptors (Lipinski definition) is 4. The van der Waals surface area contributed by atoms with E-state index in [-0.39, 0.29) is 17.2 Å². The second-order valence-electron chi connectivity index (χ2n) is 5.30. The highest BCUT2D eigenvalue weighted by atomic mass is 16.2. The summed E-state index contributed by atoms with van der Waals surface area (Å²) in [5, 5.41) is 15.7. The summed E-state index contributed by atoms with van der Waals surface area (Å²) >= 11 is 0. The quantitative estimate of drug-likeness (QED) is 0.793. The number of benzene rings is 2. The van der Waals surface area contributed by atoms with Gasteiger partial charge in [-0.1, -0.05) is 30.3 Å². The number of rotatable bonds is 4. The van der Waals surface area contributed by atoms with Gasteiger partial charge in [-0.05, 0) is 35.9 Å². The van der Waals surface area contributed by atoms with E-state index in [1.807, 2.05) is 12.1 Å². The van der Waals surface area contributed by atoms with Gasteiger partial charge in [-0.15, -0.1) is 0 Å². The Kier molecular flexibility index (Phi) is 4.67. The van der Waals surface area contributed by atoms with E-state index in [0.29, 0.717) is 17.8 Å². The predicted octanol–water partition coefficient (Wildman–Crippen LogP) is 2.03. The van der Waals surface area contributed by atoms with Crippen molar-refractivity contribution in [2.45, 2.75) is 6.54 Å². The molecule has 3 aromatic rings. The van der Waals surface area contributed by atoms with E-state index in [2.05, 4.69) is 10.4 Å². The molecule has 0 atom stereocenters. The number of nitrogens with one attached hydrogen (secondary N) is 1. The maximum Gasteiger partial charge on any atom is 0.272 e. The zero-order valence-electron chi connectivity index (χ0n) is 13.2. The third kappa shape index (κ3) is 3.79. The number of carbonyl (C=O) groups is 1. The molecule has 0 aliphatic rings. The number of nitrogens with zero attached hydrogens (tertiary/aromatic N) is 3. The number of hydrogen-bond donors (Lipinski definition) is 1. The Hall–Kier alpha value is -3.72. The average Bonchev–Trinajstić information content (AvgIpc) is 2.67. The predicted molar refractivity (Wildman–Crippen MR) is 92.2 cm³/mol. The monoisotopic (exact) mass is 330 g/mol. The maximum atomic E-state index is 12.3. The molecule has 0 saturated carbocycles. The molecule has 6 nitrogen and oxygen atoms in total. The summed E-state index contributed by atoms with van der Waals surface area (Å²) in [6.07, 6.45) is 0. The Labute approximate surface area is 144 Å². The van der Waals surface area contributed by atoms with Crippen molar-refractivity contribution in [1.29, 1.82) is 5.26 Å². The lowest BCUT2D eigenvalue weighted by Gasteiger charge is -2.08. The van der Waals surface area contributed by atoms with Gasteiger partial charge >= 0.3 is 0 Å². The molecule has 3 rings (SSSR count). The van der Waals surface area contributed by atoms with Gasteiger partial charge in [0.1, 0.15) is 5.69 Å². The number of aromatic nitrogens is 2. The second kappa shape index (κ2) is 7.23. The summed E-state index contributed by atoms with van der Waals surface area (Å²) in [7, 11) is 0. The third-order valence-corrected chi connectivity index (χ3v) is 3.57. The molecule has 0 fully saturated rings. The molecule has 0 unspecified atom stereocenters. The van der Waals surface area contributed by atoms with E-state index < -0.39 is 0 Å². The van der Waals surface area contributed by atoms with E-state index in [1.165, 1.54) is 16.8 Å². The molecule has 0 bridgehead atoms. The van der Waals surface area contributed by atoms with Crippen molar-refractivity contribution in [3.05, 3.63) is 93.9 Å². The fraction of sp³-hybridized carbons (Fsp3) is 0.0526. The first-order valence-electron chi connectivity index (χ1n) is 7.60. The van der Waals surface area contributed by atoms with Gasteiger partial charge in [-0.25, -0.2) is 0 Å². The molecule has 25 heavy (non-hydrogen) atoms. The Morgan fingerprint density at radius 3 is 2.44 bits per heavy atom. The van der Waals surface area contributed by atoms with Gasteiger partial charge in [0.25, 0.3) is 11.5 Å². The van der Waals surface area contributed by atoms with Crippen LogP contribution in [-0.4, -0.2) is 15.7 Å². The van der Waals surface area contributed by atoms with Gasteiger partial charge in [0.15, 0.2) is 0 Å². The van der Waals surface area contributed by atoms with E-state index in [0.717, 1.165) is 5.56 Å². The van der Waals surface area contributed by atoms with Crippen molar-refractivity contribution in [3.63, 3.8) is 0 Å². The van der Waals surface area contributed by atoms with Gasteiger partial charge in [0.2, 0.25) is 0 Å². The molecule has 1 N–H and O–H groups in total. The average molecular weight is 330 g/mol. The lowest BCUT2D eigenvalue weighted by atomic mass is 10.1. The second-order valence-corrected chi connectivity index (χ2v) is 5.30. The van der Waals surface area contributed by atoms with Crippen molar-refractivity contribution < 1.29 is 4.79 Å². The maximum absolute atomic E-state index is 12.3. The van der Waals surface area contributed by atoms with Crippen molar-refractivity contribution in [2.24, 2.45) is 0 Å². The zero-order chi connectivity index (χ0) is 17.6. The molecule has 1 amide bonds. The van der Waals surface area contributed by atoms with Crippen LogP contribution in [0.5, 0.6) is 0 Å². The molecular weight excluding hydrogens is 316 g/mol. The molecule has 2 aromatic carbocycles. The van der Waals surface area contributed by atoms with Crippen LogP contribution in [0, 0.1) is 11.3 Å². The van der Waals surface area contributed by atoms with E-state index in [4.69, 9.17) is 5.26 Å². The summed E-state index contributed by atoms with van der Waals surface area (Å²) in [6, 6.07) is 20.6. The summed E-state index contributed by atoms with van der Waals surface area (Å²) in [6.45, 7) is 0.302. The molecule has 1 heterocycles. The van der Waals surface area contributed by atoms with Gasteiger partial charge in [0.05, 0.1) is 17.3 Å². The number of para-hydroxylation sites is 1. The summed E-state index contributed by atoms with van der Waals surface area (Å²) in [5.41, 5.74) is 1.86. The van der Waals surface area contributed by atoms with Crippen molar-refractivity contribution in [2.75, 3.05) is 0 Å². The van der Waals surface area contributed by atoms with Crippen molar-refractivity contribution in [1.82, 2.24) is 15.1 Å². The third-order valence-electron chi connectivity index (χ3n) is 3.57. The van der Waals surface area contributed by atoms with Crippen LogP contribution in [0.1, 0.15) is 21.6 Å². The summed E-state index contributed by atoms with van der Waals surface area (Å²) in [4.78, 5) is 24.3. The van der Waals surface area contributed by atoms with Gasteiger partial charge < -0.3 is 5.32 Å². The normalized spacial score (nSPS) is 10.0. The fourth-order valence-corrected chi connectivity index (χ4v) is 2.26. The molecule has 1 aromatic heterocycles. The molecule has 122 valence electrons. The van der Waals surface area contributed by atoms with Crippen LogP contribution in [-0.2, 0) is 6.54 Å². The smallest absolute Gasteiger partial charge is 0.272 e. The van der Waals surface area contributed by atoms with Crippen LogP contribution in [0.2, 0.25) is 0 Å². The van der Waals surface area contributed by atoms with Gasteiger partial charge in [-0.3, -0.25) is 9.59 Å². The van der Waals surface area contributed by atoms with Crippen LogP contribution < -0.4 is 10.9 Å². The standard InChI is InChI=1S/C19H14N4O2/c20-12-14-6-8-15(9-7-14)13-21-19(25)17-10-11-18(24)23(22-17)16-4-2-1-3-5-16/h1-11H,13H2,(H,21,25). The SMILES string of the molecule is N#Cc1ccc(CNC(=O)c2ccc(=O)n(-c3ccccc3)n2)cc1. The number of amides is 1. The molecular formula is C19H14N4O2. The minimum atomic E-state index is -0.381. The highest BCUT2D eigenvalue weighted by Gasteiger charge is 2.10. The fourth-order valence-electron chi connectivity index (χ4n) is 2.26. The van der Waals surface area contributed by atoms with Gasteiger partial charge in [0, 0.05) is 12.6 Å². The molecule has 0 aliphatic heterocycles. The largest absolute Gasteiger partial charge is 0.347 e. The van der Waals surface area contributed by atoms with Crippen molar-refractivity contribution >= 4 is 5.91 Å². The van der Waals surface area contributed by atoms with Crippen molar-refractivity contribution in [3.8, 4) is 11.8 Å². The lowest BCUT2D eigenvalue weighted by molar-refractivity contribution is 0.0944. The topological polar surface area (TPSA) is 87.8 Å². The van der Waals surface area contributed by atoms with Crippen LogP contribution in [0.4, 0.5) is 0 Å². The molecule has 6 heteroatoms. The first-order valence-corrected chi connectivity index (χ1v) is 7.60. The summed E-state index contributed by atoms with van der Waals surface area (Å²) < 4.78 is 1.19. The number of nitriles is 1. The van der Waals surface area contributed by atoms with Crippen LogP contribution in [0.15, 0.2) is 71.5 Å². The molecule has 0 radical (unpaired) electrons. The van der Waals surface area contributed by atoms with E-state index in [9.17, 15) is 9.59 Å². The first-order chi connectivity index (χ1) is 12.2. The zero-order valence-corrected chi connectivity index (χ0v) is 13.2. The summed E-state index contributed by atoms with van der Waals surface area (Å²) in [5.74, 6) is -0.381. The van der Waals surface area contributed by atoms with Crippen LogP contribution in [0.25, 0.3) is 5.69 Å². The first kappa shape index (κ1) is 16.1. The molecule has 0 spiro atoms. The molecule has 0 aliphatic carbocycles. The Morgan fingerprint density at radius 2 is 1.76 bits per heavy atom. The van der Waals surface area contributed by atoms with Gasteiger partial charge in [-0.2, -0.15) is 15.0 Å².